The van der Waals surface area contributed by atoms with Gasteiger partial charge in [-0.2, -0.15) is 0 Å². The van der Waals surface area contributed by atoms with Gasteiger partial charge < -0.3 is 10.0 Å². The highest BCUT2D eigenvalue weighted by Gasteiger charge is 2.28. The summed E-state index contributed by atoms with van der Waals surface area (Å²) in [6.07, 6.45) is 2.84. The molecular weight excluding hydrogens is 195 g/mol. The number of hydrogen-bond acceptors (Lipinski definition) is 3. The fourth-order valence-corrected chi connectivity index (χ4v) is 1.92. The summed E-state index contributed by atoms with van der Waals surface area (Å²) >= 11 is 0. The van der Waals surface area contributed by atoms with E-state index < -0.39 is 0 Å². The van der Waals surface area contributed by atoms with Crippen LogP contribution in [0.3, 0.4) is 0 Å². The van der Waals surface area contributed by atoms with E-state index in [-0.39, 0.29) is 11.9 Å². The first-order valence-electron chi connectivity index (χ1n) is 5.16. The van der Waals surface area contributed by atoms with Crippen molar-refractivity contribution in [3.8, 4) is 0 Å². The minimum absolute atomic E-state index is 0.121. The van der Waals surface area contributed by atoms with Crippen molar-refractivity contribution in [3.05, 3.63) is 24.1 Å². The van der Waals surface area contributed by atoms with Gasteiger partial charge in [0.1, 0.15) is 11.6 Å². The molecule has 4 heteroatoms. The van der Waals surface area contributed by atoms with Crippen LogP contribution in [0.4, 0.5) is 10.2 Å². The number of hydrogen-bond donors (Lipinski definition) is 1. The number of aliphatic hydroxyl groups excluding tert-OH is 1. The van der Waals surface area contributed by atoms with Crippen LogP contribution in [0.1, 0.15) is 12.8 Å². The number of nitrogens with zero attached hydrogens (tertiary/aromatic N) is 2. The Bertz CT molecular complexity index is 322. The Morgan fingerprint density at radius 3 is 2.80 bits per heavy atom. The van der Waals surface area contributed by atoms with Gasteiger partial charge in [-0.15, -0.1) is 0 Å². The highest BCUT2D eigenvalue weighted by Crippen LogP contribution is 2.28. The zero-order valence-corrected chi connectivity index (χ0v) is 8.73. The highest BCUT2D eigenvalue weighted by molar-refractivity contribution is 5.36. The Labute approximate surface area is 88.6 Å². The van der Waals surface area contributed by atoms with Crippen LogP contribution >= 0.6 is 0 Å². The lowest BCUT2D eigenvalue weighted by Crippen LogP contribution is -2.37. The minimum atomic E-state index is -0.314. The molecule has 0 saturated heterocycles. The summed E-state index contributed by atoms with van der Waals surface area (Å²) in [5, 5.41) is 9.15. The van der Waals surface area contributed by atoms with Gasteiger partial charge in [0.25, 0.3) is 0 Å². The highest BCUT2D eigenvalue weighted by atomic mass is 19.1. The lowest BCUT2D eigenvalue weighted by Gasteiger charge is -2.34. The molecule has 0 radical (unpaired) electrons. The fourth-order valence-electron chi connectivity index (χ4n) is 1.92. The molecule has 1 aliphatic rings. The van der Waals surface area contributed by atoms with Gasteiger partial charge in [-0.3, -0.25) is 0 Å². The standard InChI is InChI=1S/C11H15FN2O/c1-14(7-8-4-10(15)5-8)11-3-2-9(12)6-13-11/h2-3,6,8,10,15H,4-5,7H2,1H3. The first-order chi connectivity index (χ1) is 7.15. The topological polar surface area (TPSA) is 36.4 Å². The molecule has 1 aromatic heterocycles. The van der Waals surface area contributed by atoms with Crippen molar-refractivity contribution in [1.29, 1.82) is 0 Å². The van der Waals surface area contributed by atoms with Gasteiger partial charge in [0.05, 0.1) is 12.3 Å². The second-order valence-corrected chi connectivity index (χ2v) is 4.21. The molecule has 0 bridgehead atoms. The minimum Gasteiger partial charge on any atom is -0.393 e. The number of pyridine rings is 1. The van der Waals surface area contributed by atoms with Crippen LogP contribution in [0.15, 0.2) is 18.3 Å². The van der Waals surface area contributed by atoms with E-state index in [9.17, 15) is 4.39 Å². The molecule has 0 atom stereocenters. The summed E-state index contributed by atoms with van der Waals surface area (Å²) < 4.78 is 12.6. The predicted octanol–water partition coefficient (Wildman–Crippen LogP) is 1.43. The average Bonchev–Trinajstić information content (AvgIpc) is 2.16. The Kier molecular flexibility index (Phi) is 2.86. The van der Waals surface area contributed by atoms with Crippen LogP contribution in [0.5, 0.6) is 0 Å². The van der Waals surface area contributed by atoms with E-state index in [0.717, 1.165) is 25.2 Å². The van der Waals surface area contributed by atoms with E-state index in [2.05, 4.69) is 4.98 Å². The summed E-state index contributed by atoms with van der Waals surface area (Å²) in [6.45, 7) is 0.871. The molecule has 1 heterocycles. The third kappa shape index (κ3) is 2.45. The van der Waals surface area contributed by atoms with Gasteiger partial charge in [-0.05, 0) is 30.9 Å². The molecule has 1 fully saturated rings. The monoisotopic (exact) mass is 210 g/mol. The number of anilines is 1. The smallest absolute Gasteiger partial charge is 0.141 e. The SMILES string of the molecule is CN(CC1CC(O)C1)c1ccc(F)cn1. The van der Waals surface area contributed by atoms with Crippen molar-refractivity contribution < 1.29 is 9.50 Å². The molecule has 0 aliphatic heterocycles. The molecule has 0 amide bonds. The molecule has 0 aromatic carbocycles. The summed E-state index contributed by atoms with van der Waals surface area (Å²) in [6, 6.07) is 3.08. The van der Waals surface area contributed by atoms with E-state index in [1.54, 1.807) is 6.07 Å². The summed E-state index contributed by atoms with van der Waals surface area (Å²) in [5.74, 6) is 1.00. The van der Waals surface area contributed by atoms with Gasteiger partial charge in [0.2, 0.25) is 0 Å². The van der Waals surface area contributed by atoms with E-state index in [1.165, 1.54) is 12.3 Å². The zero-order chi connectivity index (χ0) is 10.8. The van der Waals surface area contributed by atoms with Crippen molar-refractivity contribution in [2.75, 3.05) is 18.5 Å². The summed E-state index contributed by atoms with van der Waals surface area (Å²) in [5.41, 5.74) is 0. The van der Waals surface area contributed by atoms with Crippen molar-refractivity contribution in [3.63, 3.8) is 0 Å². The maximum Gasteiger partial charge on any atom is 0.141 e. The van der Waals surface area contributed by atoms with Gasteiger partial charge >= 0.3 is 0 Å². The maximum atomic E-state index is 12.6. The van der Waals surface area contributed by atoms with Gasteiger partial charge in [-0.25, -0.2) is 9.37 Å². The van der Waals surface area contributed by atoms with Crippen LogP contribution in [0.25, 0.3) is 0 Å². The molecule has 0 unspecified atom stereocenters. The fraction of sp³-hybridized carbons (Fsp3) is 0.545. The van der Waals surface area contributed by atoms with E-state index in [4.69, 9.17) is 5.11 Å². The van der Waals surface area contributed by atoms with Crippen LogP contribution < -0.4 is 4.90 Å². The van der Waals surface area contributed by atoms with Crippen molar-refractivity contribution >= 4 is 5.82 Å². The number of aromatic nitrogens is 1. The normalized spacial score (nSPS) is 24.7. The first-order valence-corrected chi connectivity index (χ1v) is 5.16. The summed E-state index contributed by atoms with van der Waals surface area (Å²) in [4.78, 5) is 5.99. The molecule has 15 heavy (non-hydrogen) atoms. The molecular formula is C11H15FN2O. The van der Waals surface area contributed by atoms with Crippen molar-refractivity contribution in [1.82, 2.24) is 4.98 Å². The Hall–Kier alpha value is -1.16. The van der Waals surface area contributed by atoms with Crippen molar-refractivity contribution in [2.45, 2.75) is 18.9 Å². The third-order valence-electron chi connectivity index (χ3n) is 2.85. The Morgan fingerprint density at radius 1 is 1.53 bits per heavy atom. The first kappa shape index (κ1) is 10.4. The molecule has 1 saturated carbocycles. The van der Waals surface area contributed by atoms with Crippen LogP contribution in [0.2, 0.25) is 0 Å². The van der Waals surface area contributed by atoms with Crippen LogP contribution in [-0.2, 0) is 0 Å². The van der Waals surface area contributed by atoms with Gasteiger partial charge in [-0.1, -0.05) is 0 Å². The average molecular weight is 210 g/mol. The van der Waals surface area contributed by atoms with Gasteiger partial charge in [0, 0.05) is 13.6 Å². The second-order valence-electron chi connectivity index (χ2n) is 4.21. The molecule has 2 rings (SSSR count). The predicted molar refractivity (Wildman–Crippen MR) is 56.2 cm³/mol. The zero-order valence-electron chi connectivity index (χ0n) is 8.73. The number of halogens is 1. The molecule has 0 spiro atoms. The van der Waals surface area contributed by atoms with Crippen molar-refractivity contribution in [2.24, 2.45) is 5.92 Å². The molecule has 3 nitrogen and oxygen atoms in total. The van der Waals surface area contributed by atoms with Crippen LogP contribution in [0, 0.1) is 11.7 Å². The number of aliphatic hydroxyl groups is 1. The molecule has 1 aromatic rings. The Morgan fingerprint density at radius 2 is 2.27 bits per heavy atom. The van der Waals surface area contributed by atoms with E-state index in [1.807, 2.05) is 11.9 Å². The largest absolute Gasteiger partial charge is 0.393 e. The van der Waals surface area contributed by atoms with E-state index in [0.29, 0.717) is 5.92 Å². The maximum absolute atomic E-state index is 12.6. The third-order valence-corrected chi connectivity index (χ3v) is 2.85. The molecule has 1 aliphatic carbocycles. The Balaban J connectivity index is 1.90. The van der Waals surface area contributed by atoms with E-state index >= 15 is 0 Å². The lowest BCUT2D eigenvalue weighted by atomic mass is 9.82. The van der Waals surface area contributed by atoms with Crippen LogP contribution in [-0.4, -0.2) is 29.8 Å². The molecule has 82 valence electrons. The quantitative estimate of drug-likeness (QED) is 0.819. The lowest BCUT2D eigenvalue weighted by molar-refractivity contribution is 0.0464. The summed E-state index contributed by atoms with van der Waals surface area (Å²) in [7, 11) is 1.94. The second kappa shape index (κ2) is 4.14. The van der Waals surface area contributed by atoms with Gasteiger partial charge in [0.15, 0.2) is 0 Å². The molecule has 1 N–H and O–H groups in total. The number of rotatable bonds is 3.